The SMILES string of the molecule is Nc1ncc2cc(NC(=O)[C@H](O)[C@H]3OCCN(c4ccc(F)c(C(=O)N5CCOCC5)c4)C3=O)ccc2n1. The Kier molecular flexibility index (Phi) is 7.13. The maximum absolute atomic E-state index is 14.6. The fraction of sp³-hybridized carbons (Fsp3) is 0.320. The topological polar surface area (TPSA) is 160 Å². The van der Waals surface area contributed by atoms with E-state index in [-0.39, 0.29) is 30.4 Å². The van der Waals surface area contributed by atoms with Gasteiger partial charge in [0.05, 0.1) is 30.9 Å². The first kappa shape index (κ1) is 25.4. The zero-order chi connectivity index (χ0) is 26.8. The van der Waals surface area contributed by atoms with Crippen LogP contribution in [0.4, 0.5) is 21.7 Å². The molecule has 198 valence electrons. The van der Waals surface area contributed by atoms with E-state index in [4.69, 9.17) is 15.2 Å². The largest absolute Gasteiger partial charge is 0.380 e. The molecule has 2 fully saturated rings. The second kappa shape index (κ2) is 10.7. The van der Waals surface area contributed by atoms with Crippen LogP contribution in [-0.4, -0.2) is 89.4 Å². The van der Waals surface area contributed by atoms with Gasteiger partial charge in [-0.3, -0.25) is 14.4 Å². The molecule has 38 heavy (non-hydrogen) atoms. The predicted molar refractivity (Wildman–Crippen MR) is 134 cm³/mol. The first-order valence-corrected chi connectivity index (χ1v) is 11.9. The van der Waals surface area contributed by atoms with Crippen LogP contribution in [0.1, 0.15) is 10.4 Å². The van der Waals surface area contributed by atoms with E-state index in [1.807, 2.05) is 0 Å². The number of carbonyl (C=O) groups excluding carboxylic acids is 3. The average Bonchev–Trinajstić information content (AvgIpc) is 2.93. The average molecular weight is 525 g/mol. The lowest BCUT2D eigenvalue weighted by atomic mass is 10.1. The lowest BCUT2D eigenvalue weighted by molar-refractivity contribution is -0.150. The highest BCUT2D eigenvalue weighted by molar-refractivity contribution is 6.05. The fourth-order valence-electron chi connectivity index (χ4n) is 4.35. The smallest absolute Gasteiger partial charge is 0.259 e. The zero-order valence-electron chi connectivity index (χ0n) is 20.2. The molecule has 3 heterocycles. The maximum Gasteiger partial charge on any atom is 0.259 e. The number of nitrogen functional groups attached to an aromatic ring is 1. The number of carbonyl (C=O) groups is 3. The Morgan fingerprint density at radius 3 is 2.71 bits per heavy atom. The molecule has 0 aliphatic carbocycles. The number of nitrogens with two attached hydrogens (primary N) is 1. The Hall–Kier alpha value is -4.20. The third-order valence-corrected chi connectivity index (χ3v) is 6.33. The number of anilines is 3. The Bertz CT molecular complexity index is 1400. The summed E-state index contributed by atoms with van der Waals surface area (Å²) >= 11 is 0. The number of fused-ring (bicyclic) bond motifs is 1. The molecule has 5 rings (SSSR count). The number of nitrogens with one attached hydrogen (secondary N) is 1. The number of amides is 3. The summed E-state index contributed by atoms with van der Waals surface area (Å²) in [5.74, 6) is -2.67. The van der Waals surface area contributed by atoms with Crippen LogP contribution >= 0.6 is 0 Å². The number of aromatic nitrogens is 2. The number of benzene rings is 2. The van der Waals surface area contributed by atoms with E-state index in [2.05, 4.69) is 15.3 Å². The Morgan fingerprint density at radius 2 is 1.92 bits per heavy atom. The van der Waals surface area contributed by atoms with Crippen LogP contribution in [0.2, 0.25) is 0 Å². The molecule has 0 bridgehead atoms. The van der Waals surface area contributed by atoms with Crippen LogP contribution in [0.15, 0.2) is 42.6 Å². The molecule has 1 aromatic heterocycles. The van der Waals surface area contributed by atoms with E-state index in [1.165, 1.54) is 28.1 Å². The summed E-state index contributed by atoms with van der Waals surface area (Å²) < 4.78 is 25.2. The summed E-state index contributed by atoms with van der Waals surface area (Å²) in [5.41, 5.74) is 6.57. The summed E-state index contributed by atoms with van der Waals surface area (Å²) in [6.07, 6.45) is -1.84. The highest BCUT2D eigenvalue weighted by Crippen LogP contribution is 2.25. The number of rotatable bonds is 5. The van der Waals surface area contributed by atoms with Crippen molar-refractivity contribution in [2.75, 3.05) is 55.4 Å². The lowest BCUT2D eigenvalue weighted by Gasteiger charge is -2.34. The third-order valence-electron chi connectivity index (χ3n) is 6.33. The molecule has 0 saturated carbocycles. The maximum atomic E-state index is 14.6. The molecular weight excluding hydrogens is 499 g/mol. The van der Waals surface area contributed by atoms with E-state index in [0.717, 1.165) is 6.07 Å². The molecule has 3 amide bonds. The van der Waals surface area contributed by atoms with Crippen molar-refractivity contribution < 1.29 is 33.4 Å². The molecule has 0 spiro atoms. The van der Waals surface area contributed by atoms with Crippen molar-refractivity contribution >= 4 is 45.9 Å². The number of aliphatic hydroxyl groups excluding tert-OH is 1. The molecule has 3 aromatic rings. The Morgan fingerprint density at radius 1 is 1.13 bits per heavy atom. The van der Waals surface area contributed by atoms with Crippen LogP contribution in [0.25, 0.3) is 10.9 Å². The van der Waals surface area contributed by atoms with Gasteiger partial charge in [0.1, 0.15) is 5.82 Å². The minimum absolute atomic E-state index is 0.0135. The quantitative estimate of drug-likeness (QED) is 0.433. The second-order valence-corrected chi connectivity index (χ2v) is 8.79. The van der Waals surface area contributed by atoms with E-state index in [0.29, 0.717) is 42.9 Å². The molecular formula is C25H25FN6O6. The highest BCUT2D eigenvalue weighted by Gasteiger charge is 2.39. The number of halogens is 1. The van der Waals surface area contributed by atoms with Gasteiger partial charge in [-0.25, -0.2) is 14.4 Å². The van der Waals surface area contributed by atoms with E-state index < -0.39 is 35.7 Å². The van der Waals surface area contributed by atoms with Gasteiger partial charge in [-0.05, 0) is 36.4 Å². The number of ether oxygens (including phenoxy) is 2. The van der Waals surface area contributed by atoms with Gasteiger partial charge >= 0.3 is 0 Å². The minimum Gasteiger partial charge on any atom is -0.380 e. The van der Waals surface area contributed by atoms with Crippen molar-refractivity contribution in [3.8, 4) is 0 Å². The standard InChI is InChI=1S/C25H25FN6O6/c26-18-3-2-16(12-17(18)23(35)31-5-8-37-9-6-31)32-7-10-38-21(24(32)36)20(33)22(34)29-15-1-4-19-14(11-15)13-28-25(27)30-19/h1-4,11-13,20-21,33H,5-10H2,(H,29,34)(H2,27,28,30)/t20-,21-/m1/s1. The number of hydrogen-bond donors (Lipinski definition) is 3. The normalized spacial score (nSPS) is 18.9. The first-order chi connectivity index (χ1) is 18.3. The van der Waals surface area contributed by atoms with Gasteiger partial charge in [0.2, 0.25) is 5.95 Å². The predicted octanol–water partition coefficient (Wildman–Crippen LogP) is 0.555. The van der Waals surface area contributed by atoms with Crippen LogP contribution in [0, 0.1) is 5.82 Å². The van der Waals surface area contributed by atoms with Crippen LogP contribution in [0.5, 0.6) is 0 Å². The first-order valence-electron chi connectivity index (χ1n) is 11.9. The molecule has 2 saturated heterocycles. The Balaban J connectivity index is 1.30. The Labute approximate surface area is 216 Å². The van der Waals surface area contributed by atoms with Crippen LogP contribution < -0.4 is 16.0 Å². The fourth-order valence-corrected chi connectivity index (χ4v) is 4.35. The molecule has 4 N–H and O–H groups in total. The van der Waals surface area contributed by atoms with Gasteiger partial charge in [0.25, 0.3) is 17.7 Å². The monoisotopic (exact) mass is 524 g/mol. The van der Waals surface area contributed by atoms with Gasteiger partial charge in [0, 0.05) is 42.6 Å². The van der Waals surface area contributed by atoms with Gasteiger partial charge in [-0.1, -0.05) is 0 Å². The van der Waals surface area contributed by atoms with Gasteiger partial charge in [0.15, 0.2) is 12.2 Å². The summed E-state index contributed by atoms with van der Waals surface area (Å²) in [6, 6.07) is 8.57. The summed E-state index contributed by atoms with van der Waals surface area (Å²) in [4.78, 5) is 49.6. The lowest BCUT2D eigenvalue weighted by Crippen LogP contribution is -2.55. The van der Waals surface area contributed by atoms with Crippen molar-refractivity contribution in [3.05, 3.63) is 54.0 Å². The molecule has 13 heteroatoms. The summed E-state index contributed by atoms with van der Waals surface area (Å²) in [7, 11) is 0. The number of aliphatic hydroxyl groups is 1. The van der Waals surface area contributed by atoms with Crippen molar-refractivity contribution in [3.63, 3.8) is 0 Å². The van der Waals surface area contributed by atoms with Gasteiger partial charge in [-0.15, -0.1) is 0 Å². The van der Waals surface area contributed by atoms with Crippen LogP contribution in [-0.2, 0) is 19.1 Å². The van der Waals surface area contributed by atoms with E-state index in [1.54, 1.807) is 18.2 Å². The van der Waals surface area contributed by atoms with E-state index in [9.17, 15) is 23.9 Å². The van der Waals surface area contributed by atoms with Crippen molar-refractivity contribution in [2.45, 2.75) is 12.2 Å². The molecule has 2 atom stereocenters. The molecule has 0 unspecified atom stereocenters. The molecule has 0 radical (unpaired) electrons. The van der Waals surface area contributed by atoms with Crippen molar-refractivity contribution in [2.24, 2.45) is 0 Å². The van der Waals surface area contributed by atoms with E-state index >= 15 is 0 Å². The van der Waals surface area contributed by atoms with Gasteiger partial charge < -0.3 is 35.4 Å². The number of nitrogens with zero attached hydrogens (tertiary/aromatic N) is 4. The summed E-state index contributed by atoms with van der Waals surface area (Å²) in [5, 5.41) is 13.9. The minimum atomic E-state index is -1.83. The van der Waals surface area contributed by atoms with Crippen molar-refractivity contribution in [1.82, 2.24) is 14.9 Å². The second-order valence-electron chi connectivity index (χ2n) is 8.79. The van der Waals surface area contributed by atoms with Gasteiger partial charge in [-0.2, -0.15) is 0 Å². The molecule has 2 aliphatic rings. The highest BCUT2D eigenvalue weighted by atomic mass is 19.1. The molecule has 12 nitrogen and oxygen atoms in total. The number of morpholine rings is 2. The third kappa shape index (κ3) is 5.11. The zero-order valence-corrected chi connectivity index (χ0v) is 20.2. The van der Waals surface area contributed by atoms with Crippen LogP contribution in [0.3, 0.4) is 0 Å². The molecule has 2 aromatic carbocycles. The van der Waals surface area contributed by atoms with Crippen molar-refractivity contribution in [1.29, 1.82) is 0 Å². The summed E-state index contributed by atoms with van der Waals surface area (Å²) in [6.45, 7) is 1.49. The number of hydrogen-bond acceptors (Lipinski definition) is 9. The molecule has 2 aliphatic heterocycles.